The van der Waals surface area contributed by atoms with Crippen molar-refractivity contribution in [2.24, 2.45) is 12.8 Å². The molecule has 0 unspecified atom stereocenters. The van der Waals surface area contributed by atoms with E-state index in [2.05, 4.69) is 10.7 Å². The lowest BCUT2D eigenvalue weighted by atomic mass is 10.6. The first-order chi connectivity index (χ1) is 5.56. The first-order valence-electron chi connectivity index (χ1n) is 3.42. The molecule has 0 bridgehead atoms. The molecule has 1 aromatic heterocycles. The van der Waals surface area contributed by atoms with Gasteiger partial charge in [0.15, 0.2) is 0 Å². The maximum atomic E-state index is 9.24. The average molecular weight is 171 g/mol. The topological polar surface area (TPSA) is 81.1 Å². The van der Waals surface area contributed by atoms with Crippen LogP contribution in [0.15, 0.2) is 12.5 Å². The summed E-state index contributed by atoms with van der Waals surface area (Å²) in [5, 5.41) is 7.60. The first-order valence-corrected chi connectivity index (χ1v) is 3.42. The van der Waals surface area contributed by atoms with E-state index >= 15 is 0 Å². The highest BCUT2D eigenvalue weighted by molar-refractivity contribution is 5.68. The number of carbonyl (C=O) groups is 1. The van der Waals surface area contributed by atoms with Gasteiger partial charge < -0.3 is 15.4 Å². The minimum Gasteiger partial charge on any atom is -0.480 e. The van der Waals surface area contributed by atoms with Gasteiger partial charge in [0.2, 0.25) is 0 Å². The predicted octanol–water partition coefficient (Wildman–Crippen LogP) is -0.242. The van der Waals surface area contributed by atoms with Crippen molar-refractivity contribution in [3.8, 4) is 0 Å². The number of aryl methyl sites for hydroxylation is 2. The van der Waals surface area contributed by atoms with E-state index < -0.39 is 5.97 Å². The van der Waals surface area contributed by atoms with Gasteiger partial charge >= 0.3 is 5.97 Å². The minimum atomic E-state index is -0.968. The van der Waals surface area contributed by atoms with Crippen LogP contribution in [0.2, 0.25) is 0 Å². The quantitative estimate of drug-likeness (QED) is 0.611. The number of nitrogens with two attached hydrogens (primary N) is 1. The average Bonchev–Trinajstić information content (AvgIpc) is 2.36. The summed E-state index contributed by atoms with van der Waals surface area (Å²) >= 11 is 0. The molecule has 0 amide bonds. The molecule has 0 saturated carbocycles. The van der Waals surface area contributed by atoms with Gasteiger partial charge in [-0.25, -0.2) is 4.98 Å². The molecule has 1 heterocycles. The second kappa shape index (κ2) is 5.31. The molecule has 0 aliphatic carbocycles. The van der Waals surface area contributed by atoms with E-state index in [1.807, 2.05) is 24.7 Å². The Kier molecular flexibility index (Phi) is 4.71. The maximum absolute atomic E-state index is 9.24. The molecular formula is C7H13N3O2. The zero-order valence-electron chi connectivity index (χ0n) is 7.19. The Morgan fingerprint density at radius 2 is 2.33 bits per heavy atom. The molecule has 12 heavy (non-hydrogen) atoms. The smallest absolute Gasteiger partial charge is 0.317 e. The van der Waals surface area contributed by atoms with Gasteiger partial charge in [0.1, 0.15) is 0 Å². The zero-order chi connectivity index (χ0) is 9.56. The highest BCUT2D eigenvalue weighted by Crippen LogP contribution is 1.86. The van der Waals surface area contributed by atoms with Crippen molar-refractivity contribution in [3.63, 3.8) is 0 Å². The number of aliphatic carboxylic acids is 1. The molecule has 0 saturated heterocycles. The summed E-state index contributed by atoms with van der Waals surface area (Å²) in [5.74, 6) is -0.968. The van der Waals surface area contributed by atoms with Gasteiger partial charge in [-0.2, -0.15) is 0 Å². The monoisotopic (exact) mass is 171 g/mol. The third kappa shape index (κ3) is 5.43. The van der Waals surface area contributed by atoms with Gasteiger partial charge in [0.25, 0.3) is 0 Å². The van der Waals surface area contributed by atoms with Crippen LogP contribution in [-0.4, -0.2) is 27.2 Å². The SMILES string of the molecule is Cc1cn(C)cn1.NCC(=O)O. The molecule has 0 atom stereocenters. The Morgan fingerprint density at radius 1 is 1.83 bits per heavy atom. The summed E-state index contributed by atoms with van der Waals surface area (Å²) in [6, 6.07) is 0. The molecule has 0 radical (unpaired) electrons. The highest BCUT2D eigenvalue weighted by Gasteiger charge is 1.82. The molecule has 0 aliphatic heterocycles. The Morgan fingerprint density at radius 3 is 2.42 bits per heavy atom. The Hall–Kier alpha value is -1.36. The van der Waals surface area contributed by atoms with Crippen molar-refractivity contribution in [2.75, 3.05) is 6.54 Å². The van der Waals surface area contributed by atoms with Gasteiger partial charge in [0.05, 0.1) is 18.6 Å². The molecule has 1 aromatic rings. The minimum absolute atomic E-state index is 0.278. The Bertz CT molecular complexity index is 228. The van der Waals surface area contributed by atoms with E-state index in [0.29, 0.717) is 0 Å². The Balaban J connectivity index is 0.000000217. The molecule has 5 nitrogen and oxygen atoms in total. The van der Waals surface area contributed by atoms with Crippen LogP contribution in [0.3, 0.4) is 0 Å². The van der Waals surface area contributed by atoms with Crippen LogP contribution in [0.4, 0.5) is 0 Å². The van der Waals surface area contributed by atoms with Crippen molar-refractivity contribution in [1.29, 1.82) is 0 Å². The fourth-order valence-corrected chi connectivity index (χ4v) is 0.544. The summed E-state index contributed by atoms with van der Waals surface area (Å²) in [6.07, 6.45) is 3.76. The second-order valence-corrected chi connectivity index (χ2v) is 2.28. The van der Waals surface area contributed by atoms with Gasteiger partial charge in [0, 0.05) is 13.2 Å². The van der Waals surface area contributed by atoms with Crippen LogP contribution >= 0.6 is 0 Å². The molecular weight excluding hydrogens is 158 g/mol. The number of carboxylic acids is 1. The number of hydrogen-bond acceptors (Lipinski definition) is 3. The molecule has 0 aliphatic rings. The van der Waals surface area contributed by atoms with Crippen molar-refractivity contribution < 1.29 is 9.90 Å². The third-order valence-corrected chi connectivity index (χ3v) is 1.01. The molecule has 0 spiro atoms. The summed E-state index contributed by atoms with van der Waals surface area (Å²) in [7, 11) is 1.96. The third-order valence-electron chi connectivity index (χ3n) is 1.01. The van der Waals surface area contributed by atoms with Crippen LogP contribution < -0.4 is 5.73 Å². The lowest BCUT2D eigenvalue weighted by Gasteiger charge is -1.78. The summed E-state index contributed by atoms with van der Waals surface area (Å²) in [6.45, 7) is 1.69. The number of nitrogens with zero attached hydrogens (tertiary/aromatic N) is 2. The number of hydrogen-bond donors (Lipinski definition) is 2. The highest BCUT2D eigenvalue weighted by atomic mass is 16.4. The maximum Gasteiger partial charge on any atom is 0.317 e. The van der Waals surface area contributed by atoms with Crippen molar-refractivity contribution >= 4 is 5.97 Å². The number of carboxylic acid groups (broad SMARTS) is 1. The fraction of sp³-hybridized carbons (Fsp3) is 0.429. The lowest BCUT2D eigenvalue weighted by Crippen LogP contribution is -2.10. The van der Waals surface area contributed by atoms with Gasteiger partial charge in [-0.1, -0.05) is 0 Å². The largest absolute Gasteiger partial charge is 0.480 e. The lowest BCUT2D eigenvalue weighted by molar-refractivity contribution is -0.135. The first kappa shape index (κ1) is 10.6. The van der Waals surface area contributed by atoms with Gasteiger partial charge in [-0.15, -0.1) is 0 Å². The molecule has 0 aromatic carbocycles. The van der Waals surface area contributed by atoms with Crippen LogP contribution in [0.5, 0.6) is 0 Å². The number of rotatable bonds is 1. The summed E-state index contributed by atoms with van der Waals surface area (Å²) in [4.78, 5) is 13.2. The predicted molar refractivity (Wildman–Crippen MR) is 44.6 cm³/mol. The second-order valence-electron chi connectivity index (χ2n) is 2.28. The fourth-order valence-electron chi connectivity index (χ4n) is 0.544. The van der Waals surface area contributed by atoms with Crippen LogP contribution in [0.25, 0.3) is 0 Å². The molecule has 0 fully saturated rings. The molecule has 68 valence electrons. The van der Waals surface area contributed by atoms with Crippen LogP contribution in [0.1, 0.15) is 5.69 Å². The van der Waals surface area contributed by atoms with E-state index in [9.17, 15) is 4.79 Å². The van der Waals surface area contributed by atoms with E-state index in [4.69, 9.17) is 5.11 Å². The normalized spacial score (nSPS) is 8.58. The summed E-state index contributed by atoms with van der Waals surface area (Å²) < 4.78 is 1.93. The molecule has 3 N–H and O–H groups in total. The van der Waals surface area contributed by atoms with Gasteiger partial charge in [-0.3, -0.25) is 4.79 Å². The Labute approximate surface area is 70.8 Å². The van der Waals surface area contributed by atoms with Gasteiger partial charge in [-0.05, 0) is 6.92 Å². The van der Waals surface area contributed by atoms with Crippen LogP contribution in [0, 0.1) is 6.92 Å². The molecule has 1 rings (SSSR count). The zero-order valence-corrected chi connectivity index (χ0v) is 7.19. The van der Waals surface area contributed by atoms with E-state index in [1.165, 1.54) is 0 Å². The van der Waals surface area contributed by atoms with E-state index in [-0.39, 0.29) is 6.54 Å². The van der Waals surface area contributed by atoms with Crippen molar-refractivity contribution in [1.82, 2.24) is 9.55 Å². The standard InChI is InChI=1S/C5H8N2.C2H5NO2/c1-5-3-7(2)4-6-5;3-1-2(4)5/h3-4H,1-2H3;1,3H2,(H,4,5). The molecule has 5 heteroatoms. The van der Waals surface area contributed by atoms with Crippen molar-refractivity contribution in [2.45, 2.75) is 6.92 Å². The number of imidazole rings is 1. The van der Waals surface area contributed by atoms with E-state index in [1.54, 1.807) is 6.33 Å². The van der Waals surface area contributed by atoms with Crippen molar-refractivity contribution in [3.05, 3.63) is 18.2 Å². The van der Waals surface area contributed by atoms with Crippen LogP contribution in [-0.2, 0) is 11.8 Å². The van der Waals surface area contributed by atoms with E-state index in [0.717, 1.165) is 5.69 Å². The number of aromatic nitrogens is 2. The summed E-state index contributed by atoms with van der Waals surface area (Å²) in [5.41, 5.74) is 5.64.